The van der Waals surface area contributed by atoms with Gasteiger partial charge in [0.05, 0.1) is 19.9 Å². The lowest BCUT2D eigenvalue weighted by Gasteiger charge is -2.04. The summed E-state index contributed by atoms with van der Waals surface area (Å²) < 4.78 is 12.1. The number of nitrogens with zero attached hydrogens (tertiary/aromatic N) is 3. The first-order chi connectivity index (χ1) is 10.2. The average molecular weight is 360 g/mol. The van der Waals surface area contributed by atoms with E-state index >= 15 is 0 Å². The molecule has 2 aromatic rings. The van der Waals surface area contributed by atoms with Crippen molar-refractivity contribution in [1.82, 2.24) is 14.4 Å². The maximum absolute atomic E-state index is 11.7. The van der Waals surface area contributed by atoms with Crippen LogP contribution < -0.4 is 4.74 Å². The van der Waals surface area contributed by atoms with E-state index in [1.54, 1.807) is 17.5 Å². The Hall–Kier alpha value is -1.63. The minimum absolute atomic E-state index is 0.315. The lowest BCUT2D eigenvalue weighted by molar-refractivity contribution is 0.0518. The van der Waals surface area contributed by atoms with Crippen molar-refractivity contribution < 1.29 is 14.3 Å². The molecule has 21 heavy (non-hydrogen) atoms. The largest absolute Gasteiger partial charge is 0.478 e. The maximum Gasteiger partial charge on any atom is 0.356 e. The second-order valence-electron chi connectivity index (χ2n) is 3.13. The molecule has 0 aliphatic rings. The fraction of sp³-hybridized carbons (Fsp3) is 0.500. The van der Waals surface area contributed by atoms with Gasteiger partial charge < -0.3 is 9.47 Å². The van der Waals surface area contributed by atoms with Gasteiger partial charge in [-0.25, -0.2) is 14.8 Å². The summed E-state index contributed by atoms with van der Waals surface area (Å²) in [5.74, 6) is -0.0879. The summed E-state index contributed by atoms with van der Waals surface area (Å²) >= 11 is 3.24. The van der Waals surface area contributed by atoms with Gasteiger partial charge in [-0.1, -0.05) is 27.7 Å². The molecule has 0 unspecified atom stereocenters. The van der Waals surface area contributed by atoms with Gasteiger partial charge in [0.2, 0.25) is 5.65 Å². The molecule has 0 N–H and O–H groups in total. The Labute approximate surface area is 133 Å². The predicted octanol–water partition coefficient (Wildman–Crippen LogP) is 3.73. The van der Waals surface area contributed by atoms with E-state index < -0.39 is 5.97 Å². The smallest absolute Gasteiger partial charge is 0.356 e. The number of hydrogen-bond acceptors (Lipinski definition) is 5. The summed E-state index contributed by atoms with van der Waals surface area (Å²) in [5.41, 5.74) is 0.807. The Kier molecular flexibility index (Phi) is 9.36. The van der Waals surface area contributed by atoms with Crippen molar-refractivity contribution in [2.75, 3.05) is 13.7 Å². The molecule has 6 nitrogen and oxygen atoms in total. The van der Waals surface area contributed by atoms with E-state index in [0.717, 1.165) is 0 Å². The van der Waals surface area contributed by atoms with Crippen LogP contribution in [0.1, 0.15) is 45.1 Å². The topological polar surface area (TPSA) is 65.7 Å². The molecule has 0 aliphatic heterocycles. The van der Waals surface area contributed by atoms with Crippen LogP contribution >= 0.6 is 15.9 Å². The van der Waals surface area contributed by atoms with Gasteiger partial charge in [-0.3, -0.25) is 4.40 Å². The Balaban J connectivity index is 0.000000921. The van der Waals surface area contributed by atoms with Crippen LogP contribution in [0.4, 0.5) is 0 Å². The molecule has 118 valence electrons. The Morgan fingerprint density at radius 3 is 2.48 bits per heavy atom. The summed E-state index contributed by atoms with van der Waals surface area (Å²) in [6.45, 7) is 10.1. The number of carbonyl (C=O) groups excluding carboxylic acids is 1. The first kappa shape index (κ1) is 19.4. The number of carbonyl (C=O) groups is 1. The molecule has 0 aromatic carbocycles. The maximum atomic E-state index is 11.7. The van der Waals surface area contributed by atoms with Crippen LogP contribution in [0.3, 0.4) is 0 Å². The highest BCUT2D eigenvalue weighted by molar-refractivity contribution is 9.10. The number of fused-ring (bicyclic) bond motifs is 1. The summed E-state index contributed by atoms with van der Waals surface area (Å²) in [6.07, 6.45) is 3.07. The standard InChI is InChI=1S/C10H10BrN3O3.2C2H6/c1-3-17-10(15)6-4-12-8-9(16-2)13-7(11)5-14(6)8;2*1-2/h4-5H,3H2,1-2H3;2*1-2H3. The molecule has 0 radical (unpaired) electrons. The van der Waals surface area contributed by atoms with Crippen molar-refractivity contribution in [1.29, 1.82) is 0 Å². The lowest BCUT2D eigenvalue weighted by Crippen LogP contribution is -2.08. The third-order valence-corrected chi connectivity index (χ3v) is 2.49. The van der Waals surface area contributed by atoms with Gasteiger partial charge in [-0.2, -0.15) is 0 Å². The molecule has 0 bridgehead atoms. The summed E-state index contributed by atoms with van der Waals surface area (Å²) in [6, 6.07) is 0. The van der Waals surface area contributed by atoms with Gasteiger partial charge in [0.15, 0.2) is 5.69 Å². The molecular weight excluding hydrogens is 338 g/mol. The number of ether oxygens (including phenoxy) is 2. The van der Waals surface area contributed by atoms with E-state index in [2.05, 4.69) is 25.9 Å². The molecule has 2 aromatic heterocycles. The number of rotatable bonds is 3. The quantitative estimate of drug-likeness (QED) is 0.781. The van der Waals surface area contributed by atoms with E-state index in [9.17, 15) is 4.79 Å². The van der Waals surface area contributed by atoms with Crippen molar-refractivity contribution in [3.05, 3.63) is 22.7 Å². The highest BCUT2D eigenvalue weighted by atomic mass is 79.9. The zero-order chi connectivity index (χ0) is 16.4. The molecule has 0 spiro atoms. The van der Waals surface area contributed by atoms with E-state index in [-0.39, 0.29) is 0 Å². The van der Waals surface area contributed by atoms with Crippen LogP contribution in [0.5, 0.6) is 5.88 Å². The lowest BCUT2D eigenvalue weighted by atomic mass is 10.5. The van der Waals surface area contributed by atoms with E-state index in [4.69, 9.17) is 9.47 Å². The molecule has 0 atom stereocenters. The van der Waals surface area contributed by atoms with E-state index in [0.29, 0.717) is 28.4 Å². The van der Waals surface area contributed by atoms with Crippen LogP contribution in [0.15, 0.2) is 17.0 Å². The zero-order valence-corrected chi connectivity index (χ0v) is 14.9. The van der Waals surface area contributed by atoms with Gasteiger partial charge in [0.25, 0.3) is 5.88 Å². The monoisotopic (exact) mass is 359 g/mol. The van der Waals surface area contributed by atoms with Gasteiger partial charge in [0, 0.05) is 6.20 Å². The molecule has 2 rings (SSSR count). The van der Waals surface area contributed by atoms with Crippen LogP contribution in [-0.4, -0.2) is 34.1 Å². The molecule has 0 fully saturated rings. The van der Waals surface area contributed by atoms with Crippen molar-refractivity contribution in [3.63, 3.8) is 0 Å². The van der Waals surface area contributed by atoms with Gasteiger partial charge in [-0.15, -0.1) is 0 Å². The normalized spacial score (nSPS) is 9.10. The number of aromatic nitrogens is 3. The summed E-state index contributed by atoms with van der Waals surface area (Å²) in [4.78, 5) is 19.9. The van der Waals surface area contributed by atoms with Gasteiger partial charge >= 0.3 is 5.97 Å². The minimum Gasteiger partial charge on any atom is -0.478 e. The third kappa shape index (κ3) is 4.70. The molecule has 0 saturated carbocycles. The second-order valence-corrected chi connectivity index (χ2v) is 3.94. The number of methoxy groups -OCH3 is 1. The van der Waals surface area contributed by atoms with Crippen molar-refractivity contribution in [2.45, 2.75) is 34.6 Å². The van der Waals surface area contributed by atoms with Crippen molar-refractivity contribution in [3.8, 4) is 5.88 Å². The number of hydrogen-bond donors (Lipinski definition) is 0. The molecule has 2 heterocycles. The number of halogens is 1. The number of imidazole rings is 1. The highest BCUT2D eigenvalue weighted by Gasteiger charge is 2.16. The first-order valence-corrected chi connectivity index (χ1v) is 7.71. The first-order valence-electron chi connectivity index (χ1n) is 6.92. The van der Waals surface area contributed by atoms with Gasteiger partial charge in [0.1, 0.15) is 4.60 Å². The molecule has 0 aliphatic carbocycles. The molecular formula is C14H22BrN3O3. The molecule has 7 heteroatoms. The number of esters is 1. The highest BCUT2D eigenvalue weighted by Crippen LogP contribution is 2.20. The van der Waals surface area contributed by atoms with Crippen molar-refractivity contribution >= 4 is 27.5 Å². The Bertz CT molecular complexity index is 570. The zero-order valence-electron chi connectivity index (χ0n) is 13.3. The third-order valence-electron chi connectivity index (χ3n) is 2.11. The predicted molar refractivity (Wildman–Crippen MR) is 85.9 cm³/mol. The van der Waals surface area contributed by atoms with Crippen LogP contribution in [-0.2, 0) is 4.74 Å². The second kappa shape index (κ2) is 10.1. The van der Waals surface area contributed by atoms with E-state index in [1.165, 1.54) is 13.3 Å². The van der Waals surface area contributed by atoms with Crippen LogP contribution in [0.2, 0.25) is 0 Å². The SMILES string of the molecule is CC.CC.CCOC(=O)c1cnc2c(OC)nc(Br)cn12. The Morgan fingerprint density at radius 1 is 1.33 bits per heavy atom. The molecule has 0 saturated heterocycles. The summed E-state index contributed by atoms with van der Waals surface area (Å²) in [5, 5.41) is 0. The van der Waals surface area contributed by atoms with Crippen LogP contribution in [0.25, 0.3) is 5.65 Å². The molecule has 0 amide bonds. The Morgan fingerprint density at radius 2 is 1.95 bits per heavy atom. The van der Waals surface area contributed by atoms with Gasteiger partial charge in [-0.05, 0) is 22.9 Å². The minimum atomic E-state index is -0.430. The fourth-order valence-corrected chi connectivity index (χ4v) is 1.79. The van der Waals surface area contributed by atoms with Crippen molar-refractivity contribution in [2.24, 2.45) is 0 Å². The van der Waals surface area contributed by atoms with E-state index in [1.807, 2.05) is 27.7 Å². The average Bonchev–Trinajstić information content (AvgIpc) is 2.94. The van der Waals surface area contributed by atoms with Crippen LogP contribution in [0, 0.1) is 0 Å². The fourth-order valence-electron chi connectivity index (χ4n) is 1.43. The summed E-state index contributed by atoms with van der Waals surface area (Å²) in [7, 11) is 1.49.